The maximum atomic E-state index is 13.4. The van der Waals surface area contributed by atoms with Crippen molar-refractivity contribution in [3.05, 3.63) is 94.1 Å². The average Bonchev–Trinajstić information content (AvgIpc) is 3.16. The smallest absolute Gasteiger partial charge is 0.343 e. The first-order valence-electron chi connectivity index (χ1n) is 11.3. The molecule has 0 unspecified atom stereocenters. The predicted octanol–water partition coefficient (Wildman–Crippen LogP) is 3.18. The number of anilines is 1. The number of nitrogens with zero attached hydrogens (tertiary/aromatic N) is 4. The first kappa shape index (κ1) is 24.1. The normalized spacial score (nSPS) is 14.4. The molecule has 4 aromatic rings. The van der Waals surface area contributed by atoms with Crippen molar-refractivity contribution in [2.75, 3.05) is 31.1 Å². The third-order valence-electron chi connectivity index (χ3n) is 6.27. The third kappa shape index (κ3) is 4.27. The number of para-hydroxylation sites is 3. The Morgan fingerprint density at radius 3 is 2.14 bits per heavy atom. The molecule has 1 aliphatic heterocycles. The molecule has 1 aliphatic rings. The van der Waals surface area contributed by atoms with Crippen molar-refractivity contribution in [3.63, 3.8) is 0 Å². The summed E-state index contributed by atoms with van der Waals surface area (Å²) in [5.74, 6) is -0.887. The molecule has 36 heavy (non-hydrogen) atoms. The largest absolute Gasteiger partial charge is 0.367 e. The van der Waals surface area contributed by atoms with E-state index in [1.807, 2.05) is 24.3 Å². The van der Waals surface area contributed by atoms with Crippen LogP contribution in [-0.2, 0) is 21.4 Å². The zero-order chi connectivity index (χ0) is 25.4. The number of aromatic nitrogens is 2. The summed E-state index contributed by atoms with van der Waals surface area (Å²) < 4.78 is 41.8. The lowest BCUT2D eigenvalue weighted by atomic mass is 10.2. The second kappa shape index (κ2) is 9.44. The maximum absolute atomic E-state index is 13.4. The summed E-state index contributed by atoms with van der Waals surface area (Å²) in [7, 11) is -4.32. The lowest BCUT2D eigenvalue weighted by Crippen LogP contribution is -2.50. The second-order valence-corrected chi connectivity index (χ2v) is 10.6. The monoisotopic (exact) mass is 528 g/mol. The van der Waals surface area contributed by atoms with E-state index in [1.54, 1.807) is 23.1 Å². The Bertz CT molecular complexity index is 1610. The number of carbonyl (C=O) groups excluding carboxylic acids is 1. The van der Waals surface area contributed by atoms with Crippen LogP contribution in [0, 0.1) is 5.82 Å². The number of hydrogen-bond donors (Lipinski definition) is 0. The number of rotatable bonds is 5. The van der Waals surface area contributed by atoms with Crippen LogP contribution in [0.1, 0.15) is 0 Å². The summed E-state index contributed by atoms with van der Waals surface area (Å²) in [6.07, 6.45) is 0. The molecule has 3 aromatic carbocycles. The molecular formula is C25H22ClFN4O4S. The molecule has 5 rings (SSSR count). The van der Waals surface area contributed by atoms with Gasteiger partial charge in [0.2, 0.25) is 5.91 Å². The van der Waals surface area contributed by atoms with Crippen molar-refractivity contribution >= 4 is 44.3 Å². The molecule has 8 nitrogen and oxygen atoms in total. The minimum atomic E-state index is -4.32. The fourth-order valence-corrected chi connectivity index (χ4v) is 6.08. The number of amides is 1. The van der Waals surface area contributed by atoms with E-state index >= 15 is 0 Å². The van der Waals surface area contributed by atoms with Crippen molar-refractivity contribution in [3.8, 4) is 0 Å². The number of fused-ring (bicyclic) bond motifs is 1. The van der Waals surface area contributed by atoms with E-state index in [2.05, 4.69) is 4.90 Å². The highest BCUT2D eigenvalue weighted by Crippen LogP contribution is 2.26. The van der Waals surface area contributed by atoms with Gasteiger partial charge in [-0.2, -0.15) is 3.97 Å². The van der Waals surface area contributed by atoms with Gasteiger partial charge in [0.15, 0.2) is 0 Å². The highest BCUT2D eigenvalue weighted by Gasteiger charge is 2.28. The Balaban J connectivity index is 1.42. The lowest BCUT2D eigenvalue weighted by molar-refractivity contribution is -0.132. The van der Waals surface area contributed by atoms with E-state index in [0.29, 0.717) is 40.7 Å². The van der Waals surface area contributed by atoms with Crippen molar-refractivity contribution < 1.29 is 17.6 Å². The van der Waals surface area contributed by atoms with Crippen LogP contribution in [0.4, 0.5) is 10.1 Å². The van der Waals surface area contributed by atoms with Gasteiger partial charge in [0.1, 0.15) is 12.4 Å². The molecule has 11 heteroatoms. The molecule has 1 saturated heterocycles. The number of halogens is 2. The van der Waals surface area contributed by atoms with E-state index in [4.69, 9.17) is 11.6 Å². The van der Waals surface area contributed by atoms with E-state index < -0.39 is 21.5 Å². The molecule has 0 bridgehead atoms. The van der Waals surface area contributed by atoms with Gasteiger partial charge >= 0.3 is 5.69 Å². The summed E-state index contributed by atoms with van der Waals surface area (Å²) in [6, 6.07) is 18.1. The zero-order valence-electron chi connectivity index (χ0n) is 19.0. The molecule has 0 aliphatic carbocycles. The molecule has 0 spiro atoms. The van der Waals surface area contributed by atoms with Gasteiger partial charge in [-0.25, -0.2) is 17.6 Å². The fraction of sp³-hybridized carbons (Fsp3) is 0.200. The summed E-state index contributed by atoms with van der Waals surface area (Å²) >= 11 is 6.30. The lowest BCUT2D eigenvalue weighted by Gasteiger charge is -2.36. The van der Waals surface area contributed by atoms with Gasteiger partial charge in [-0.05, 0) is 48.5 Å². The predicted molar refractivity (Wildman–Crippen MR) is 135 cm³/mol. The number of carbonyl (C=O) groups is 1. The van der Waals surface area contributed by atoms with Crippen LogP contribution in [-0.4, -0.2) is 53.9 Å². The van der Waals surface area contributed by atoms with Crippen molar-refractivity contribution in [1.82, 2.24) is 13.4 Å². The van der Waals surface area contributed by atoms with Crippen LogP contribution in [0.5, 0.6) is 0 Å². The average molecular weight is 529 g/mol. The Hall–Kier alpha value is -3.63. The first-order chi connectivity index (χ1) is 17.3. The van der Waals surface area contributed by atoms with Crippen LogP contribution in [0.3, 0.4) is 0 Å². The molecule has 0 saturated carbocycles. The molecule has 0 radical (unpaired) electrons. The second-order valence-electron chi connectivity index (χ2n) is 8.40. The Morgan fingerprint density at radius 1 is 0.861 bits per heavy atom. The SMILES string of the molecule is O=C(Cn1c(=O)n(S(=O)(=O)c2ccc(F)cc2)c2ccccc21)N1CCN(c2ccccc2Cl)CC1. The van der Waals surface area contributed by atoms with E-state index in [-0.39, 0.29) is 22.9 Å². The molecule has 1 aromatic heterocycles. The zero-order valence-corrected chi connectivity index (χ0v) is 20.6. The summed E-state index contributed by atoms with van der Waals surface area (Å²) in [6.45, 7) is 1.71. The molecule has 2 heterocycles. The summed E-state index contributed by atoms with van der Waals surface area (Å²) in [5.41, 5.74) is 0.500. The number of hydrogen-bond acceptors (Lipinski definition) is 5. The number of imidazole rings is 1. The van der Waals surface area contributed by atoms with Crippen LogP contribution in [0.15, 0.2) is 82.5 Å². The minimum absolute atomic E-state index is 0.142. The number of benzene rings is 3. The molecule has 1 fully saturated rings. The Morgan fingerprint density at radius 2 is 1.47 bits per heavy atom. The Labute approximate surface area is 211 Å². The van der Waals surface area contributed by atoms with Gasteiger partial charge in [0.05, 0.1) is 26.6 Å². The molecule has 1 amide bonds. The Kier molecular flexibility index (Phi) is 6.31. The van der Waals surface area contributed by atoms with Crippen molar-refractivity contribution in [1.29, 1.82) is 0 Å². The highest BCUT2D eigenvalue weighted by molar-refractivity contribution is 7.90. The highest BCUT2D eigenvalue weighted by atomic mass is 35.5. The van der Waals surface area contributed by atoms with Crippen LogP contribution >= 0.6 is 11.6 Å². The van der Waals surface area contributed by atoms with Crippen LogP contribution in [0.2, 0.25) is 5.02 Å². The molecule has 0 atom stereocenters. The van der Waals surface area contributed by atoms with Crippen LogP contribution < -0.4 is 10.6 Å². The summed E-state index contributed by atoms with van der Waals surface area (Å²) in [5, 5.41) is 0.638. The molecule has 0 N–H and O–H groups in total. The minimum Gasteiger partial charge on any atom is -0.367 e. The van der Waals surface area contributed by atoms with Gasteiger partial charge in [0.25, 0.3) is 10.0 Å². The summed E-state index contributed by atoms with van der Waals surface area (Å²) in [4.78, 5) is 30.0. The van der Waals surface area contributed by atoms with Crippen LogP contribution in [0.25, 0.3) is 11.0 Å². The topological polar surface area (TPSA) is 84.6 Å². The molecular weight excluding hydrogens is 507 g/mol. The standard InChI is InChI=1S/C25H22ClFN4O4S/c26-20-5-1-2-6-21(20)28-13-15-29(16-14-28)24(32)17-30-22-7-3-4-8-23(22)31(25(30)33)36(34,35)19-11-9-18(27)10-12-19/h1-12H,13-17H2. The number of piperazine rings is 1. The third-order valence-corrected chi connectivity index (χ3v) is 8.29. The molecule has 186 valence electrons. The quantitative estimate of drug-likeness (QED) is 0.397. The van der Waals surface area contributed by atoms with Crippen molar-refractivity contribution in [2.45, 2.75) is 11.4 Å². The van der Waals surface area contributed by atoms with Crippen molar-refractivity contribution in [2.24, 2.45) is 0 Å². The van der Waals surface area contributed by atoms with Gasteiger partial charge in [-0.1, -0.05) is 35.9 Å². The first-order valence-corrected chi connectivity index (χ1v) is 13.1. The van der Waals surface area contributed by atoms with E-state index in [1.165, 1.54) is 10.6 Å². The van der Waals surface area contributed by atoms with Gasteiger partial charge in [-0.3, -0.25) is 9.36 Å². The van der Waals surface area contributed by atoms with Gasteiger partial charge < -0.3 is 9.80 Å². The van der Waals surface area contributed by atoms with E-state index in [9.17, 15) is 22.4 Å². The maximum Gasteiger partial charge on any atom is 0.343 e. The van der Waals surface area contributed by atoms with E-state index in [0.717, 1.165) is 30.0 Å². The van der Waals surface area contributed by atoms with Gasteiger partial charge in [0, 0.05) is 26.2 Å². The van der Waals surface area contributed by atoms with Gasteiger partial charge in [-0.15, -0.1) is 0 Å². The fourth-order valence-electron chi connectivity index (χ4n) is 4.42.